The predicted molar refractivity (Wildman–Crippen MR) is 107 cm³/mol. The van der Waals surface area contributed by atoms with E-state index in [1.54, 1.807) is 14.7 Å². The lowest BCUT2D eigenvalue weighted by molar-refractivity contribution is -0.147. The molecule has 3 aliphatic rings. The van der Waals surface area contributed by atoms with Crippen molar-refractivity contribution in [1.29, 1.82) is 0 Å². The largest absolute Gasteiger partial charge is 0.368 e. The second-order valence-corrected chi connectivity index (χ2v) is 8.36. The molecule has 2 unspecified atom stereocenters. The van der Waals surface area contributed by atoms with E-state index in [0.717, 1.165) is 23.0 Å². The molecule has 0 saturated carbocycles. The van der Waals surface area contributed by atoms with Crippen LogP contribution in [0.25, 0.3) is 0 Å². The summed E-state index contributed by atoms with van der Waals surface area (Å²) >= 11 is 3.48. The summed E-state index contributed by atoms with van der Waals surface area (Å²) in [6.45, 7) is 3.13. The molecule has 0 spiro atoms. The minimum atomic E-state index is -0.333. The van der Waals surface area contributed by atoms with Crippen LogP contribution in [0.5, 0.6) is 0 Å². The summed E-state index contributed by atoms with van der Waals surface area (Å²) in [6.07, 6.45) is 1.63. The maximum atomic E-state index is 12.9. The van der Waals surface area contributed by atoms with Crippen molar-refractivity contribution in [2.24, 2.45) is 5.92 Å². The van der Waals surface area contributed by atoms with E-state index in [-0.39, 0.29) is 36.2 Å². The van der Waals surface area contributed by atoms with Gasteiger partial charge in [-0.2, -0.15) is 0 Å². The first-order valence-electron chi connectivity index (χ1n) is 9.78. The zero-order chi connectivity index (χ0) is 19.7. The fraction of sp³-hybridized carbons (Fsp3) is 0.550. The predicted octanol–water partition coefficient (Wildman–Crippen LogP) is 1.65. The molecule has 3 heterocycles. The fourth-order valence-electron chi connectivity index (χ4n) is 4.16. The van der Waals surface area contributed by atoms with Crippen molar-refractivity contribution >= 4 is 39.3 Å². The number of carbonyl (C=O) groups excluding carboxylic acids is 3. The van der Waals surface area contributed by atoms with E-state index in [0.29, 0.717) is 39.3 Å². The highest BCUT2D eigenvalue weighted by atomic mass is 79.9. The number of nitrogens with zero attached hydrogens (tertiary/aromatic N) is 3. The first-order valence-corrected chi connectivity index (χ1v) is 10.6. The van der Waals surface area contributed by atoms with E-state index in [2.05, 4.69) is 15.9 Å². The minimum Gasteiger partial charge on any atom is -0.368 e. The van der Waals surface area contributed by atoms with Crippen LogP contribution in [0.4, 0.5) is 5.69 Å². The normalized spacial score (nSPS) is 25.5. The van der Waals surface area contributed by atoms with E-state index in [4.69, 9.17) is 4.74 Å². The molecule has 1 aromatic carbocycles. The Balaban J connectivity index is 1.34. The van der Waals surface area contributed by atoms with Gasteiger partial charge in [0.25, 0.3) is 5.91 Å². The van der Waals surface area contributed by atoms with Crippen LogP contribution in [0.15, 0.2) is 28.7 Å². The molecule has 150 valence electrons. The second kappa shape index (κ2) is 8.21. The second-order valence-electron chi connectivity index (χ2n) is 7.51. The standard InChI is InChI=1S/C20H24BrN3O4/c21-15-4-1-2-5-16(15)24-13-14(12-18(24)25)19(26)22-7-9-23(10-8-22)20(27)17-6-3-11-28-17/h1-2,4-5,14,17H,3,6-13H2. The molecule has 2 atom stereocenters. The summed E-state index contributed by atoms with van der Waals surface area (Å²) in [5.41, 5.74) is 0.801. The molecule has 0 aromatic heterocycles. The maximum absolute atomic E-state index is 12.9. The van der Waals surface area contributed by atoms with Gasteiger partial charge >= 0.3 is 0 Å². The zero-order valence-corrected chi connectivity index (χ0v) is 17.3. The van der Waals surface area contributed by atoms with Gasteiger partial charge in [-0.25, -0.2) is 0 Å². The molecule has 4 rings (SSSR count). The Kier molecular flexibility index (Phi) is 5.68. The van der Waals surface area contributed by atoms with Gasteiger partial charge in [-0.15, -0.1) is 0 Å². The molecule has 3 aliphatic heterocycles. The Morgan fingerprint density at radius 2 is 1.71 bits per heavy atom. The topological polar surface area (TPSA) is 70.2 Å². The molecule has 1 aromatic rings. The number of hydrogen-bond acceptors (Lipinski definition) is 4. The van der Waals surface area contributed by atoms with Gasteiger partial charge in [0.2, 0.25) is 11.8 Å². The Bertz CT molecular complexity index is 772. The highest BCUT2D eigenvalue weighted by Crippen LogP contribution is 2.32. The van der Waals surface area contributed by atoms with Crippen LogP contribution in [-0.2, 0) is 19.1 Å². The van der Waals surface area contributed by atoms with E-state index in [9.17, 15) is 14.4 Å². The van der Waals surface area contributed by atoms with Gasteiger partial charge in [0.05, 0.1) is 11.6 Å². The lowest BCUT2D eigenvalue weighted by atomic mass is 10.1. The summed E-state index contributed by atoms with van der Waals surface area (Å²) in [5.74, 6) is -0.315. The highest BCUT2D eigenvalue weighted by Gasteiger charge is 2.39. The van der Waals surface area contributed by atoms with Gasteiger partial charge in [0, 0.05) is 50.2 Å². The van der Waals surface area contributed by atoms with Crippen molar-refractivity contribution in [2.75, 3.05) is 44.2 Å². The molecule has 0 radical (unpaired) electrons. The van der Waals surface area contributed by atoms with Gasteiger partial charge in [0.15, 0.2) is 0 Å². The van der Waals surface area contributed by atoms with Gasteiger partial charge in [-0.1, -0.05) is 12.1 Å². The lowest BCUT2D eigenvalue weighted by Crippen LogP contribution is -2.54. The molecule has 0 N–H and O–H groups in total. The molecule has 0 aliphatic carbocycles. The van der Waals surface area contributed by atoms with Crippen molar-refractivity contribution < 1.29 is 19.1 Å². The summed E-state index contributed by atoms with van der Waals surface area (Å²) in [6, 6.07) is 7.55. The quantitative estimate of drug-likeness (QED) is 0.703. The van der Waals surface area contributed by atoms with Crippen LogP contribution in [0.3, 0.4) is 0 Å². The fourth-order valence-corrected chi connectivity index (χ4v) is 4.66. The van der Waals surface area contributed by atoms with Crippen LogP contribution in [0, 0.1) is 5.92 Å². The molecular weight excluding hydrogens is 426 g/mol. The third-order valence-corrected chi connectivity index (χ3v) is 6.40. The number of anilines is 1. The SMILES string of the molecule is O=C(C1CC(=O)N(c2ccccc2Br)C1)N1CCN(C(=O)C2CCCO2)CC1. The number of benzene rings is 1. The summed E-state index contributed by atoms with van der Waals surface area (Å²) in [4.78, 5) is 43.2. The number of carbonyl (C=O) groups is 3. The van der Waals surface area contributed by atoms with Crippen LogP contribution in [0.1, 0.15) is 19.3 Å². The smallest absolute Gasteiger partial charge is 0.251 e. The third kappa shape index (κ3) is 3.80. The molecule has 3 saturated heterocycles. The minimum absolute atomic E-state index is 0.00659. The molecule has 3 fully saturated rings. The number of hydrogen-bond donors (Lipinski definition) is 0. The number of ether oxygens (including phenoxy) is 1. The van der Waals surface area contributed by atoms with Crippen LogP contribution in [-0.4, -0.2) is 73.0 Å². The van der Waals surface area contributed by atoms with Crippen LogP contribution >= 0.6 is 15.9 Å². The summed E-state index contributed by atoms with van der Waals surface area (Å²) in [7, 11) is 0. The van der Waals surface area contributed by atoms with Gasteiger partial charge in [-0.05, 0) is 40.9 Å². The lowest BCUT2D eigenvalue weighted by Gasteiger charge is -2.36. The van der Waals surface area contributed by atoms with E-state index in [1.807, 2.05) is 24.3 Å². The number of amides is 3. The average molecular weight is 450 g/mol. The van der Waals surface area contributed by atoms with Crippen molar-refractivity contribution in [3.8, 4) is 0 Å². The molecule has 8 heteroatoms. The molecular formula is C20H24BrN3O4. The number of rotatable bonds is 3. The average Bonchev–Trinajstić information content (AvgIpc) is 3.37. The van der Waals surface area contributed by atoms with Crippen molar-refractivity contribution in [3.05, 3.63) is 28.7 Å². The number of halogens is 1. The first-order chi connectivity index (χ1) is 13.5. The van der Waals surface area contributed by atoms with E-state index >= 15 is 0 Å². The summed E-state index contributed by atoms with van der Waals surface area (Å²) < 4.78 is 6.33. The molecule has 3 amide bonds. The van der Waals surface area contributed by atoms with E-state index < -0.39 is 0 Å². The molecule has 28 heavy (non-hydrogen) atoms. The van der Waals surface area contributed by atoms with Crippen LogP contribution < -0.4 is 4.90 Å². The summed E-state index contributed by atoms with van der Waals surface area (Å²) in [5, 5.41) is 0. The molecule has 0 bridgehead atoms. The Labute approximate surface area is 172 Å². The Hall–Kier alpha value is -1.93. The maximum Gasteiger partial charge on any atom is 0.251 e. The van der Waals surface area contributed by atoms with Gasteiger partial charge in [-0.3, -0.25) is 14.4 Å². The van der Waals surface area contributed by atoms with Crippen molar-refractivity contribution in [1.82, 2.24) is 9.80 Å². The Morgan fingerprint density at radius 3 is 2.36 bits per heavy atom. The van der Waals surface area contributed by atoms with E-state index in [1.165, 1.54) is 0 Å². The number of piperazine rings is 1. The first kappa shape index (κ1) is 19.4. The van der Waals surface area contributed by atoms with Crippen LogP contribution in [0.2, 0.25) is 0 Å². The van der Waals surface area contributed by atoms with Crippen molar-refractivity contribution in [2.45, 2.75) is 25.4 Å². The molecule has 7 nitrogen and oxygen atoms in total. The monoisotopic (exact) mass is 449 g/mol. The van der Waals surface area contributed by atoms with Gasteiger partial charge < -0.3 is 19.4 Å². The van der Waals surface area contributed by atoms with Crippen molar-refractivity contribution in [3.63, 3.8) is 0 Å². The third-order valence-electron chi connectivity index (χ3n) is 5.73. The number of para-hydroxylation sites is 1. The zero-order valence-electron chi connectivity index (χ0n) is 15.7. The van der Waals surface area contributed by atoms with Gasteiger partial charge in [0.1, 0.15) is 6.10 Å². The Morgan fingerprint density at radius 1 is 1.04 bits per heavy atom. The highest BCUT2D eigenvalue weighted by molar-refractivity contribution is 9.10.